The Kier molecular flexibility index (Phi) is 5.22. The Hall–Kier alpha value is -0.870. The summed E-state index contributed by atoms with van der Waals surface area (Å²) in [6.07, 6.45) is 3.80. The van der Waals surface area contributed by atoms with Gasteiger partial charge in [-0.15, -0.1) is 0 Å². The topological polar surface area (TPSA) is 40.5 Å². The van der Waals surface area contributed by atoms with Gasteiger partial charge in [0.15, 0.2) is 0 Å². The largest absolute Gasteiger partial charge is 0.478 e. The molecule has 1 saturated carbocycles. The van der Waals surface area contributed by atoms with E-state index in [2.05, 4.69) is 34.7 Å². The molecule has 4 heteroatoms. The minimum Gasteiger partial charge on any atom is -0.478 e. The van der Waals surface area contributed by atoms with E-state index >= 15 is 0 Å². The molecule has 1 aliphatic carbocycles. The van der Waals surface area contributed by atoms with E-state index in [-0.39, 0.29) is 0 Å². The molecular formula is C16H22BrNO2. The maximum Gasteiger partial charge on any atom is 0.335 e. The fourth-order valence-corrected chi connectivity index (χ4v) is 2.79. The zero-order valence-corrected chi connectivity index (χ0v) is 13.7. The molecule has 1 fully saturated rings. The second-order valence-electron chi connectivity index (χ2n) is 6.00. The van der Waals surface area contributed by atoms with E-state index in [9.17, 15) is 4.79 Å². The molecule has 0 aromatic heterocycles. The van der Waals surface area contributed by atoms with Crippen molar-refractivity contribution in [3.05, 3.63) is 33.8 Å². The summed E-state index contributed by atoms with van der Waals surface area (Å²) in [5, 5.41) is 8.99. The van der Waals surface area contributed by atoms with E-state index in [4.69, 9.17) is 5.11 Å². The van der Waals surface area contributed by atoms with Gasteiger partial charge < -0.3 is 5.11 Å². The summed E-state index contributed by atoms with van der Waals surface area (Å²) in [4.78, 5) is 13.5. The number of nitrogens with zero attached hydrogens (tertiary/aromatic N) is 1. The van der Waals surface area contributed by atoms with Gasteiger partial charge in [-0.25, -0.2) is 4.79 Å². The average molecular weight is 340 g/mol. The maximum atomic E-state index is 11.0. The predicted octanol–water partition coefficient (Wildman–Crippen LogP) is 4.16. The normalized spacial score (nSPS) is 15.1. The smallest absolute Gasteiger partial charge is 0.335 e. The third-order valence-electron chi connectivity index (χ3n) is 3.73. The number of carboxylic acids is 1. The summed E-state index contributed by atoms with van der Waals surface area (Å²) in [6, 6.07) is 6.04. The van der Waals surface area contributed by atoms with Crippen LogP contribution >= 0.6 is 15.9 Å². The van der Waals surface area contributed by atoms with Crippen molar-refractivity contribution in [3.8, 4) is 0 Å². The van der Waals surface area contributed by atoms with Crippen molar-refractivity contribution < 1.29 is 9.90 Å². The Morgan fingerprint density at radius 2 is 2.15 bits per heavy atom. The van der Waals surface area contributed by atoms with Crippen LogP contribution in [0.2, 0.25) is 0 Å². The molecule has 110 valence electrons. The molecular weight excluding hydrogens is 318 g/mol. The van der Waals surface area contributed by atoms with Gasteiger partial charge in [-0.05, 0) is 49.4 Å². The summed E-state index contributed by atoms with van der Waals surface area (Å²) in [5.74, 6) is -0.162. The first kappa shape index (κ1) is 15.5. The highest BCUT2D eigenvalue weighted by Crippen LogP contribution is 2.30. The Bertz CT molecular complexity index is 483. The molecule has 3 nitrogen and oxygen atoms in total. The lowest BCUT2D eigenvalue weighted by atomic mass is 10.1. The molecule has 1 aromatic rings. The first-order valence-electron chi connectivity index (χ1n) is 7.23. The summed E-state index contributed by atoms with van der Waals surface area (Å²) >= 11 is 3.50. The van der Waals surface area contributed by atoms with Gasteiger partial charge in [0.25, 0.3) is 0 Å². The second kappa shape index (κ2) is 6.72. The molecule has 1 aliphatic rings. The van der Waals surface area contributed by atoms with Crippen LogP contribution in [-0.2, 0) is 6.54 Å². The molecule has 0 bridgehead atoms. The van der Waals surface area contributed by atoms with Crippen molar-refractivity contribution in [1.29, 1.82) is 0 Å². The number of hydrogen-bond donors (Lipinski definition) is 1. The van der Waals surface area contributed by atoms with Crippen molar-refractivity contribution >= 4 is 21.9 Å². The summed E-state index contributed by atoms with van der Waals surface area (Å²) < 4.78 is 0.896. The predicted molar refractivity (Wildman–Crippen MR) is 84.0 cm³/mol. The summed E-state index contributed by atoms with van der Waals surface area (Å²) in [6.45, 7) is 6.53. The highest BCUT2D eigenvalue weighted by Gasteiger charge is 2.29. The molecule has 0 saturated heterocycles. The van der Waals surface area contributed by atoms with Gasteiger partial charge in [0.2, 0.25) is 0 Å². The lowest BCUT2D eigenvalue weighted by molar-refractivity contribution is 0.0696. The SMILES string of the molecule is CC(C)CCN(Cc1ccc(C(=O)O)cc1Br)C1CC1. The van der Waals surface area contributed by atoms with Gasteiger partial charge in [0.1, 0.15) is 0 Å². The van der Waals surface area contributed by atoms with Gasteiger partial charge in [-0.3, -0.25) is 4.90 Å². The molecule has 0 amide bonds. The van der Waals surface area contributed by atoms with Crippen molar-refractivity contribution in [3.63, 3.8) is 0 Å². The number of benzene rings is 1. The van der Waals surface area contributed by atoms with Gasteiger partial charge in [0, 0.05) is 17.1 Å². The Balaban J connectivity index is 2.04. The van der Waals surface area contributed by atoms with Gasteiger partial charge in [-0.2, -0.15) is 0 Å². The number of hydrogen-bond acceptors (Lipinski definition) is 2. The summed E-state index contributed by atoms with van der Waals surface area (Å²) in [7, 11) is 0. The van der Waals surface area contributed by atoms with E-state index in [0.717, 1.165) is 23.6 Å². The lowest BCUT2D eigenvalue weighted by Crippen LogP contribution is -2.27. The molecule has 0 atom stereocenters. The molecule has 1 aromatic carbocycles. The minimum atomic E-state index is -0.879. The second-order valence-corrected chi connectivity index (χ2v) is 6.85. The lowest BCUT2D eigenvalue weighted by Gasteiger charge is -2.23. The summed E-state index contributed by atoms with van der Waals surface area (Å²) in [5.41, 5.74) is 1.51. The molecule has 1 N–H and O–H groups in total. The van der Waals surface area contributed by atoms with Crippen molar-refractivity contribution in [1.82, 2.24) is 4.90 Å². The van der Waals surface area contributed by atoms with E-state index in [0.29, 0.717) is 11.5 Å². The average Bonchev–Trinajstić information content (AvgIpc) is 3.19. The van der Waals surface area contributed by atoms with Crippen LogP contribution in [-0.4, -0.2) is 28.6 Å². The first-order valence-corrected chi connectivity index (χ1v) is 8.02. The van der Waals surface area contributed by atoms with Crippen LogP contribution in [0, 0.1) is 5.92 Å². The minimum absolute atomic E-state index is 0.334. The molecule has 0 heterocycles. The highest BCUT2D eigenvalue weighted by molar-refractivity contribution is 9.10. The van der Waals surface area contributed by atoms with Crippen LogP contribution in [0.4, 0.5) is 0 Å². The number of aromatic carboxylic acids is 1. The Morgan fingerprint density at radius 3 is 2.65 bits per heavy atom. The van der Waals surface area contributed by atoms with Crippen molar-refractivity contribution in [2.24, 2.45) is 5.92 Å². The molecule has 2 rings (SSSR count). The fraction of sp³-hybridized carbons (Fsp3) is 0.562. The van der Waals surface area contributed by atoms with Crippen LogP contribution in [0.15, 0.2) is 22.7 Å². The molecule has 0 unspecified atom stereocenters. The fourth-order valence-electron chi connectivity index (χ4n) is 2.28. The maximum absolute atomic E-state index is 11.0. The number of rotatable bonds is 7. The van der Waals surface area contributed by atoms with Crippen molar-refractivity contribution in [2.45, 2.75) is 45.7 Å². The number of carbonyl (C=O) groups is 1. The zero-order chi connectivity index (χ0) is 14.7. The van der Waals surface area contributed by atoms with Crippen LogP contribution in [0.25, 0.3) is 0 Å². The van der Waals surface area contributed by atoms with Crippen molar-refractivity contribution in [2.75, 3.05) is 6.54 Å². The van der Waals surface area contributed by atoms with Crippen LogP contribution in [0.5, 0.6) is 0 Å². The Labute approximate surface area is 129 Å². The van der Waals surface area contributed by atoms with Gasteiger partial charge in [-0.1, -0.05) is 35.8 Å². The Morgan fingerprint density at radius 1 is 1.45 bits per heavy atom. The van der Waals surface area contributed by atoms with Crippen LogP contribution in [0.1, 0.15) is 49.0 Å². The van der Waals surface area contributed by atoms with Gasteiger partial charge >= 0.3 is 5.97 Å². The van der Waals surface area contributed by atoms with Crippen LogP contribution in [0.3, 0.4) is 0 Å². The zero-order valence-electron chi connectivity index (χ0n) is 12.1. The van der Waals surface area contributed by atoms with E-state index in [1.807, 2.05) is 6.07 Å². The third-order valence-corrected chi connectivity index (χ3v) is 4.47. The monoisotopic (exact) mass is 339 g/mol. The highest BCUT2D eigenvalue weighted by atomic mass is 79.9. The molecule has 0 radical (unpaired) electrons. The van der Waals surface area contributed by atoms with Crippen LogP contribution < -0.4 is 0 Å². The standard InChI is InChI=1S/C16H22BrNO2/c1-11(2)7-8-18(14-5-6-14)10-13-4-3-12(16(19)20)9-15(13)17/h3-4,9,11,14H,5-8,10H2,1-2H3,(H,19,20). The number of halogens is 1. The molecule has 0 aliphatic heterocycles. The molecule has 20 heavy (non-hydrogen) atoms. The first-order chi connectivity index (χ1) is 9.47. The van der Waals surface area contributed by atoms with E-state index in [1.165, 1.54) is 24.8 Å². The molecule has 0 spiro atoms. The van der Waals surface area contributed by atoms with Gasteiger partial charge in [0.05, 0.1) is 5.56 Å². The van der Waals surface area contributed by atoms with E-state index < -0.39 is 5.97 Å². The quantitative estimate of drug-likeness (QED) is 0.810. The van der Waals surface area contributed by atoms with E-state index in [1.54, 1.807) is 12.1 Å². The third kappa shape index (κ3) is 4.32. The number of carboxylic acid groups (broad SMARTS) is 1.